The number of carbonyl (C=O) groups excluding carboxylic acids is 1. The van der Waals surface area contributed by atoms with Crippen molar-refractivity contribution in [2.24, 2.45) is 0 Å². The molecule has 1 N–H and O–H groups in total. The predicted octanol–water partition coefficient (Wildman–Crippen LogP) is 4.76. The summed E-state index contributed by atoms with van der Waals surface area (Å²) < 4.78 is 15.7. The molecule has 0 aliphatic heterocycles. The molecule has 2 heterocycles. The molecule has 33 heavy (non-hydrogen) atoms. The Kier molecular flexibility index (Phi) is 6.61. The Balaban J connectivity index is 1.58. The third-order valence-electron chi connectivity index (χ3n) is 4.42. The summed E-state index contributed by atoms with van der Waals surface area (Å²) in [7, 11) is 0. The Morgan fingerprint density at radius 1 is 1.12 bits per heavy atom. The van der Waals surface area contributed by atoms with Crippen LogP contribution in [0, 0.1) is 15.9 Å². The van der Waals surface area contributed by atoms with Gasteiger partial charge in [0.05, 0.1) is 16.4 Å². The lowest BCUT2D eigenvalue weighted by atomic mass is 10.2. The van der Waals surface area contributed by atoms with Crippen LogP contribution in [0.4, 0.5) is 15.8 Å². The van der Waals surface area contributed by atoms with Crippen LogP contribution in [0.2, 0.25) is 5.02 Å². The van der Waals surface area contributed by atoms with Gasteiger partial charge < -0.3 is 5.32 Å². The van der Waals surface area contributed by atoms with Gasteiger partial charge in [0.15, 0.2) is 11.0 Å². The molecule has 0 spiro atoms. The highest BCUT2D eigenvalue weighted by molar-refractivity contribution is 7.99. The average Bonchev–Trinajstić information content (AvgIpc) is 3.24. The number of nitro benzene ring substituents is 1. The molecule has 166 valence electrons. The quantitative estimate of drug-likeness (QED) is 0.228. The standard InChI is InChI=1S/C21H14ClFN6O3S/c22-14-1-3-15(4-2-14)28-20(13-7-9-24-10-8-13)26-27-21(28)33-12-19(30)25-18-11-16(29(31)32)5-6-17(18)23/h1-11H,12H2,(H,25,30). The van der Waals surface area contributed by atoms with Gasteiger partial charge in [-0.25, -0.2) is 4.39 Å². The number of carbonyl (C=O) groups is 1. The van der Waals surface area contributed by atoms with Crippen LogP contribution in [-0.2, 0) is 4.79 Å². The second-order valence-electron chi connectivity index (χ2n) is 6.61. The smallest absolute Gasteiger partial charge is 0.271 e. The van der Waals surface area contributed by atoms with Crippen molar-refractivity contribution in [3.05, 3.63) is 87.9 Å². The van der Waals surface area contributed by atoms with Crippen molar-refractivity contribution < 1.29 is 14.1 Å². The van der Waals surface area contributed by atoms with Gasteiger partial charge in [0, 0.05) is 40.8 Å². The summed E-state index contributed by atoms with van der Waals surface area (Å²) in [5, 5.41) is 22.7. The first-order valence-corrected chi connectivity index (χ1v) is 10.8. The number of hydrogen-bond donors (Lipinski definition) is 1. The number of anilines is 1. The third-order valence-corrected chi connectivity index (χ3v) is 5.60. The van der Waals surface area contributed by atoms with Gasteiger partial charge in [0.1, 0.15) is 5.82 Å². The van der Waals surface area contributed by atoms with Crippen molar-refractivity contribution in [2.45, 2.75) is 5.16 Å². The van der Waals surface area contributed by atoms with Crippen LogP contribution >= 0.6 is 23.4 Å². The zero-order valence-electron chi connectivity index (χ0n) is 16.7. The molecule has 0 aliphatic carbocycles. The number of thioether (sulfide) groups is 1. The van der Waals surface area contributed by atoms with Crippen molar-refractivity contribution in [3.8, 4) is 17.1 Å². The van der Waals surface area contributed by atoms with Gasteiger partial charge in [-0.05, 0) is 42.5 Å². The predicted molar refractivity (Wildman–Crippen MR) is 122 cm³/mol. The summed E-state index contributed by atoms with van der Waals surface area (Å²) in [6, 6.07) is 13.5. The first-order valence-electron chi connectivity index (χ1n) is 9.41. The van der Waals surface area contributed by atoms with Crippen LogP contribution in [-0.4, -0.2) is 36.3 Å². The zero-order valence-corrected chi connectivity index (χ0v) is 18.3. The van der Waals surface area contributed by atoms with Crippen LogP contribution in [0.5, 0.6) is 0 Å². The van der Waals surface area contributed by atoms with E-state index in [1.54, 1.807) is 53.4 Å². The molecule has 1 amide bonds. The van der Waals surface area contributed by atoms with Gasteiger partial charge in [-0.2, -0.15) is 0 Å². The van der Waals surface area contributed by atoms with Crippen molar-refractivity contribution in [1.29, 1.82) is 0 Å². The number of halogens is 2. The monoisotopic (exact) mass is 484 g/mol. The fourth-order valence-corrected chi connectivity index (χ4v) is 3.79. The van der Waals surface area contributed by atoms with Gasteiger partial charge in [0.2, 0.25) is 5.91 Å². The molecule has 12 heteroatoms. The Morgan fingerprint density at radius 3 is 2.55 bits per heavy atom. The van der Waals surface area contributed by atoms with E-state index in [0.29, 0.717) is 16.0 Å². The number of nitrogens with one attached hydrogen (secondary N) is 1. The van der Waals surface area contributed by atoms with E-state index < -0.39 is 16.6 Å². The lowest BCUT2D eigenvalue weighted by Gasteiger charge is -2.11. The van der Waals surface area contributed by atoms with Crippen molar-refractivity contribution in [1.82, 2.24) is 19.7 Å². The van der Waals surface area contributed by atoms with Crippen molar-refractivity contribution in [2.75, 3.05) is 11.1 Å². The average molecular weight is 485 g/mol. The number of nitro groups is 1. The minimum Gasteiger partial charge on any atom is -0.323 e. The van der Waals surface area contributed by atoms with Gasteiger partial charge >= 0.3 is 0 Å². The first-order chi connectivity index (χ1) is 15.9. The molecule has 9 nitrogen and oxygen atoms in total. The Morgan fingerprint density at radius 2 is 1.85 bits per heavy atom. The summed E-state index contributed by atoms with van der Waals surface area (Å²) >= 11 is 7.09. The maximum absolute atomic E-state index is 14.0. The summed E-state index contributed by atoms with van der Waals surface area (Å²) in [5.41, 5.74) is 0.890. The molecule has 4 aromatic rings. The van der Waals surface area contributed by atoms with Gasteiger partial charge in [-0.1, -0.05) is 23.4 Å². The Bertz CT molecular complexity index is 1320. The van der Waals surface area contributed by atoms with Crippen LogP contribution in [0.3, 0.4) is 0 Å². The fraction of sp³-hybridized carbons (Fsp3) is 0.0476. The van der Waals surface area contributed by atoms with E-state index in [4.69, 9.17) is 11.6 Å². The van der Waals surface area contributed by atoms with Crippen LogP contribution in [0.1, 0.15) is 0 Å². The fourth-order valence-electron chi connectivity index (χ4n) is 2.91. The molecular formula is C21H14ClFN6O3S. The van der Waals surface area contributed by atoms with Crippen LogP contribution in [0.15, 0.2) is 72.1 Å². The minimum atomic E-state index is -0.775. The summed E-state index contributed by atoms with van der Waals surface area (Å²) in [6.45, 7) is 0. The van der Waals surface area contributed by atoms with E-state index in [-0.39, 0.29) is 17.1 Å². The number of rotatable bonds is 7. The number of non-ortho nitro benzene ring substituents is 1. The van der Waals surface area contributed by atoms with E-state index >= 15 is 0 Å². The number of amides is 1. The largest absolute Gasteiger partial charge is 0.323 e. The zero-order chi connectivity index (χ0) is 23.4. The Hall–Kier alpha value is -3.83. The molecule has 0 fully saturated rings. The number of nitrogens with zero attached hydrogens (tertiary/aromatic N) is 5. The summed E-state index contributed by atoms with van der Waals surface area (Å²) in [4.78, 5) is 26.7. The topological polar surface area (TPSA) is 116 Å². The number of hydrogen-bond acceptors (Lipinski definition) is 7. The molecule has 0 saturated heterocycles. The van der Waals surface area contributed by atoms with E-state index in [1.807, 2.05) is 0 Å². The normalized spacial score (nSPS) is 10.7. The Labute approximate surface area is 195 Å². The van der Waals surface area contributed by atoms with Gasteiger partial charge in [0.25, 0.3) is 5.69 Å². The van der Waals surface area contributed by atoms with Crippen LogP contribution in [0.25, 0.3) is 17.1 Å². The molecule has 0 saturated carbocycles. The molecule has 0 aliphatic rings. The number of pyridine rings is 1. The molecule has 0 atom stereocenters. The molecule has 2 aromatic carbocycles. The molecule has 0 radical (unpaired) electrons. The van der Waals surface area contributed by atoms with Crippen LogP contribution < -0.4 is 5.32 Å². The van der Waals surface area contributed by atoms with E-state index in [1.165, 1.54) is 0 Å². The third kappa shape index (κ3) is 5.16. The van der Waals surface area contributed by atoms with Gasteiger partial charge in [-0.3, -0.25) is 24.5 Å². The van der Waals surface area contributed by atoms with E-state index in [0.717, 1.165) is 41.2 Å². The number of aromatic nitrogens is 4. The van der Waals surface area contributed by atoms with Gasteiger partial charge in [-0.15, -0.1) is 10.2 Å². The summed E-state index contributed by atoms with van der Waals surface area (Å²) in [5.74, 6) is -0.935. The van der Waals surface area contributed by atoms with E-state index in [9.17, 15) is 19.3 Å². The SMILES string of the molecule is O=C(CSc1nnc(-c2ccncc2)n1-c1ccc(Cl)cc1)Nc1cc([N+](=O)[O-])ccc1F. The molecular weight excluding hydrogens is 471 g/mol. The lowest BCUT2D eigenvalue weighted by Crippen LogP contribution is -2.15. The first kappa shape index (κ1) is 22.4. The molecule has 4 rings (SSSR count). The highest BCUT2D eigenvalue weighted by Crippen LogP contribution is 2.29. The molecule has 0 unspecified atom stereocenters. The summed E-state index contributed by atoms with van der Waals surface area (Å²) in [6.07, 6.45) is 3.26. The lowest BCUT2D eigenvalue weighted by molar-refractivity contribution is -0.384. The minimum absolute atomic E-state index is 0.135. The maximum atomic E-state index is 14.0. The maximum Gasteiger partial charge on any atom is 0.271 e. The van der Waals surface area contributed by atoms with Crippen molar-refractivity contribution >= 4 is 40.6 Å². The highest BCUT2D eigenvalue weighted by atomic mass is 35.5. The molecule has 0 bridgehead atoms. The van der Waals surface area contributed by atoms with E-state index in [2.05, 4.69) is 20.5 Å². The second kappa shape index (κ2) is 9.76. The van der Waals surface area contributed by atoms with Crippen molar-refractivity contribution in [3.63, 3.8) is 0 Å². The molecule has 2 aromatic heterocycles. The highest BCUT2D eigenvalue weighted by Gasteiger charge is 2.18. The second-order valence-corrected chi connectivity index (χ2v) is 7.99. The number of benzene rings is 2.